The zero-order chi connectivity index (χ0) is 24.3. The summed E-state index contributed by atoms with van der Waals surface area (Å²) < 4.78 is 36.7. The molecule has 178 valence electrons. The van der Waals surface area contributed by atoms with Crippen LogP contribution in [0.1, 0.15) is 0 Å². The molecule has 0 aliphatic carbocycles. The van der Waals surface area contributed by atoms with Crippen molar-refractivity contribution in [3.8, 4) is 17.2 Å². The highest BCUT2D eigenvalue weighted by Crippen LogP contribution is 2.31. The van der Waals surface area contributed by atoms with Crippen molar-refractivity contribution >= 4 is 32.5 Å². The fourth-order valence-corrected chi connectivity index (χ4v) is 4.01. The van der Waals surface area contributed by atoms with Gasteiger partial charge in [-0.25, -0.2) is 13.4 Å². The van der Waals surface area contributed by atoms with Crippen LogP contribution in [0.2, 0.25) is 0 Å². The Hall–Kier alpha value is -3.63. The molecular weight excluding hydrogens is 454 g/mol. The third kappa shape index (κ3) is 5.29. The number of aromatic nitrogens is 3. The molecule has 0 atom stereocenters. The van der Waals surface area contributed by atoms with Crippen LogP contribution in [0.25, 0.3) is 16.7 Å². The number of nitrogens with one attached hydrogen (secondary N) is 1. The van der Waals surface area contributed by atoms with E-state index in [1.165, 1.54) is 6.26 Å². The minimum absolute atomic E-state index is 0.271. The van der Waals surface area contributed by atoms with Crippen LogP contribution in [0.4, 0.5) is 11.6 Å². The predicted octanol–water partition coefficient (Wildman–Crippen LogP) is 3.52. The van der Waals surface area contributed by atoms with E-state index in [1.807, 2.05) is 54.0 Å². The maximum absolute atomic E-state index is 11.8. The van der Waals surface area contributed by atoms with Crippen LogP contribution in [-0.4, -0.2) is 68.5 Å². The van der Waals surface area contributed by atoms with Crippen molar-refractivity contribution in [3.05, 3.63) is 60.9 Å². The molecule has 4 rings (SSSR count). The van der Waals surface area contributed by atoms with Crippen LogP contribution in [0.5, 0.6) is 11.5 Å². The molecule has 9 nitrogen and oxygen atoms in total. The first-order valence-electron chi connectivity index (χ1n) is 10.6. The summed E-state index contributed by atoms with van der Waals surface area (Å²) in [6.07, 6.45) is 4.81. The van der Waals surface area contributed by atoms with Crippen molar-refractivity contribution in [2.45, 2.75) is 4.90 Å². The molecule has 0 spiro atoms. The van der Waals surface area contributed by atoms with Gasteiger partial charge >= 0.3 is 0 Å². The Morgan fingerprint density at radius 3 is 2.50 bits per heavy atom. The third-order valence-corrected chi connectivity index (χ3v) is 6.31. The van der Waals surface area contributed by atoms with Gasteiger partial charge in [-0.3, -0.25) is 0 Å². The van der Waals surface area contributed by atoms with Crippen LogP contribution < -0.4 is 14.8 Å². The number of fused-ring (bicyclic) bond motifs is 1. The maximum atomic E-state index is 11.8. The van der Waals surface area contributed by atoms with E-state index in [4.69, 9.17) is 9.47 Å². The van der Waals surface area contributed by atoms with E-state index in [0.29, 0.717) is 29.7 Å². The van der Waals surface area contributed by atoms with E-state index in [1.54, 1.807) is 37.6 Å². The number of ether oxygens (including phenoxy) is 2. The summed E-state index contributed by atoms with van der Waals surface area (Å²) in [6, 6.07) is 14.2. The zero-order valence-corrected chi connectivity index (χ0v) is 20.3. The lowest BCUT2D eigenvalue weighted by Crippen LogP contribution is -2.19. The molecule has 0 saturated heterocycles. The standard InChI is InChI=1S/C24H27N5O4S/c1-28(2)13-14-33-22-15-18(5-10-21(22)32-3)26-24-25-16-17-11-12-29(23(17)27-24)19-6-8-20(9-7-19)34(4,30)31/h5-12,15-16H,13-14H2,1-4H3,(H,25,26,27). The van der Waals surface area contributed by atoms with Gasteiger partial charge in [-0.1, -0.05) is 0 Å². The summed E-state index contributed by atoms with van der Waals surface area (Å²) in [5, 5.41) is 4.08. The Kier molecular flexibility index (Phi) is 6.71. The molecule has 2 heterocycles. The number of nitrogens with zero attached hydrogens (tertiary/aromatic N) is 4. The molecule has 2 aromatic carbocycles. The molecule has 0 bridgehead atoms. The van der Waals surface area contributed by atoms with Gasteiger partial charge in [-0.2, -0.15) is 4.98 Å². The zero-order valence-electron chi connectivity index (χ0n) is 19.5. The number of hydrogen-bond acceptors (Lipinski definition) is 8. The van der Waals surface area contributed by atoms with E-state index in [9.17, 15) is 8.42 Å². The summed E-state index contributed by atoms with van der Waals surface area (Å²) in [5.74, 6) is 1.70. The van der Waals surface area contributed by atoms with E-state index < -0.39 is 9.84 Å². The van der Waals surface area contributed by atoms with Gasteiger partial charge < -0.3 is 24.3 Å². The molecule has 0 fully saturated rings. The Morgan fingerprint density at radius 2 is 1.82 bits per heavy atom. The first kappa shape index (κ1) is 23.5. The highest BCUT2D eigenvalue weighted by molar-refractivity contribution is 7.90. The van der Waals surface area contributed by atoms with Crippen LogP contribution in [-0.2, 0) is 9.84 Å². The number of methoxy groups -OCH3 is 1. The minimum Gasteiger partial charge on any atom is -0.493 e. The van der Waals surface area contributed by atoms with E-state index >= 15 is 0 Å². The van der Waals surface area contributed by atoms with E-state index in [0.717, 1.165) is 23.3 Å². The molecule has 4 aromatic rings. The fraction of sp³-hybridized carbons (Fsp3) is 0.250. The first-order valence-corrected chi connectivity index (χ1v) is 12.5. The quantitative estimate of drug-likeness (QED) is 0.388. The SMILES string of the molecule is COc1ccc(Nc2ncc3ccn(-c4ccc(S(C)(=O)=O)cc4)c3n2)cc1OCCN(C)C. The largest absolute Gasteiger partial charge is 0.493 e. The Labute approximate surface area is 198 Å². The highest BCUT2D eigenvalue weighted by atomic mass is 32.2. The average molecular weight is 482 g/mol. The molecule has 10 heteroatoms. The Balaban J connectivity index is 1.60. The second-order valence-electron chi connectivity index (χ2n) is 8.07. The van der Waals surface area contributed by atoms with Crippen molar-refractivity contribution in [1.29, 1.82) is 0 Å². The van der Waals surface area contributed by atoms with Gasteiger partial charge in [-0.15, -0.1) is 0 Å². The summed E-state index contributed by atoms with van der Waals surface area (Å²) in [4.78, 5) is 11.4. The second-order valence-corrected chi connectivity index (χ2v) is 10.1. The molecule has 0 amide bonds. The molecule has 1 N–H and O–H groups in total. The average Bonchev–Trinajstić information content (AvgIpc) is 3.22. The van der Waals surface area contributed by atoms with E-state index in [2.05, 4.69) is 15.3 Å². The van der Waals surface area contributed by atoms with Crippen LogP contribution in [0.3, 0.4) is 0 Å². The Bertz CT molecular complexity index is 1400. The van der Waals surface area contributed by atoms with Crippen molar-refractivity contribution in [3.63, 3.8) is 0 Å². The van der Waals surface area contributed by atoms with Gasteiger partial charge in [0, 0.05) is 48.0 Å². The van der Waals surface area contributed by atoms with E-state index in [-0.39, 0.29) is 4.90 Å². The molecule has 0 saturated carbocycles. The molecule has 0 radical (unpaired) electrons. The molecule has 2 aromatic heterocycles. The van der Waals surface area contributed by atoms with Crippen molar-refractivity contribution in [2.75, 3.05) is 45.9 Å². The van der Waals surface area contributed by atoms with Gasteiger partial charge in [0.25, 0.3) is 0 Å². The molecular formula is C24H27N5O4S. The summed E-state index contributed by atoms with van der Waals surface area (Å²) >= 11 is 0. The van der Waals surface area contributed by atoms with Gasteiger partial charge in [0.05, 0.1) is 12.0 Å². The third-order valence-electron chi connectivity index (χ3n) is 5.19. The highest BCUT2D eigenvalue weighted by Gasteiger charge is 2.11. The summed E-state index contributed by atoms with van der Waals surface area (Å²) in [6.45, 7) is 1.31. The predicted molar refractivity (Wildman–Crippen MR) is 132 cm³/mol. The van der Waals surface area contributed by atoms with Crippen LogP contribution in [0, 0.1) is 0 Å². The second kappa shape index (κ2) is 9.70. The number of likely N-dealkylation sites (N-methyl/N-ethyl adjacent to an activating group) is 1. The van der Waals surface area contributed by atoms with Crippen LogP contribution in [0.15, 0.2) is 65.8 Å². The summed E-state index contributed by atoms with van der Waals surface area (Å²) in [7, 11) is 2.32. The van der Waals surface area contributed by atoms with Gasteiger partial charge in [0.15, 0.2) is 21.3 Å². The molecule has 0 aliphatic heterocycles. The number of hydrogen-bond donors (Lipinski definition) is 1. The summed E-state index contributed by atoms with van der Waals surface area (Å²) in [5.41, 5.74) is 2.25. The smallest absolute Gasteiger partial charge is 0.229 e. The van der Waals surface area contributed by atoms with Crippen molar-refractivity contribution in [1.82, 2.24) is 19.4 Å². The molecule has 0 unspecified atom stereocenters. The van der Waals surface area contributed by atoms with Crippen molar-refractivity contribution < 1.29 is 17.9 Å². The lowest BCUT2D eigenvalue weighted by molar-refractivity contribution is 0.251. The number of anilines is 2. The first-order chi connectivity index (χ1) is 16.2. The van der Waals surface area contributed by atoms with Gasteiger partial charge in [0.1, 0.15) is 12.3 Å². The lowest BCUT2D eigenvalue weighted by Gasteiger charge is -2.15. The lowest BCUT2D eigenvalue weighted by atomic mass is 10.2. The maximum Gasteiger partial charge on any atom is 0.229 e. The monoisotopic (exact) mass is 481 g/mol. The molecule has 0 aliphatic rings. The number of sulfone groups is 1. The topological polar surface area (TPSA) is 98.6 Å². The van der Waals surface area contributed by atoms with Crippen LogP contribution >= 0.6 is 0 Å². The number of rotatable bonds is 9. The van der Waals surface area contributed by atoms with Crippen molar-refractivity contribution in [2.24, 2.45) is 0 Å². The normalized spacial score (nSPS) is 11.7. The molecule has 34 heavy (non-hydrogen) atoms. The van der Waals surface area contributed by atoms with Gasteiger partial charge in [0.2, 0.25) is 5.95 Å². The minimum atomic E-state index is -3.26. The number of benzene rings is 2. The Morgan fingerprint density at radius 1 is 1.06 bits per heavy atom. The fourth-order valence-electron chi connectivity index (χ4n) is 3.38. The van der Waals surface area contributed by atoms with Gasteiger partial charge in [-0.05, 0) is 56.6 Å².